The van der Waals surface area contributed by atoms with E-state index in [1.54, 1.807) is 42.5 Å². The Balaban J connectivity index is 1.32. The summed E-state index contributed by atoms with van der Waals surface area (Å²) in [4.78, 5) is 28.8. The van der Waals surface area contributed by atoms with Gasteiger partial charge in [-0.15, -0.1) is 0 Å². The van der Waals surface area contributed by atoms with Gasteiger partial charge >= 0.3 is 5.69 Å². The van der Waals surface area contributed by atoms with Gasteiger partial charge in [-0.05, 0) is 79.6 Å². The van der Waals surface area contributed by atoms with Gasteiger partial charge in [-0.2, -0.15) is 0 Å². The number of hydrogen-bond donors (Lipinski definition) is 3. The van der Waals surface area contributed by atoms with E-state index in [1.807, 2.05) is 26.0 Å². The first-order valence-electron chi connectivity index (χ1n) is 9.45. The molecule has 0 bridgehead atoms. The first-order chi connectivity index (χ1) is 14.4. The zero-order valence-electron chi connectivity index (χ0n) is 16.6. The molecule has 3 aromatic carbocycles. The molecule has 0 fully saturated rings. The predicted molar refractivity (Wildman–Crippen MR) is 115 cm³/mol. The summed E-state index contributed by atoms with van der Waals surface area (Å²) in [7, 11) is 0. The van der Waals surface area contributed by atoms with Crippen LogP contribution in [0, 0.1) is 13.8 Å². The van der Waals surface area contributed by atoms with E-state index in [9.17, 15) is 9.59 Å². The fraction of sp³-hybridized carbons (Fsp3) is 0.130. The van der Waals surface area contributed by atoms with Gasteiger partial charge in [0.2, 0.25) is 0 Å². The van der Waals surface area contributed by atoms with Crippen molar-refractivity contribution in [1.82, 2.24) is 9.97 Å². The summed E-state index contributed by atoms with van der Waals surface area (Å²) in [5, 5.41) is 2.74. The number of rotatable bonds is 6. The van der Waals surface area contributed by atoms with E-state index in [4.69, 9.17) is 9.47 Å². The Morgan fingerprint density at radius 1 is 0.833 bits per heavy atom. The molecule has 0 saturated heterocycles. The summed E-state index contributed by atoms with van der Waals surface area (Å²) in [5.41, 5.74) is 3.86. The normalized spacial score (nSPS) is 10.7. The molecule has 1 heterocycles. The molecule has 7 nitrogen and oxygen atoms in total. The third-order valence-electron chi connectivity index (χ3n) is 4.42. The summed E-state index contributed by atoms with van der Waals surface area (Å²) in [6, 6.07) is 18.2. The fourth-order valence-electron chi connectivity index (χ4n) is 3.19. The van der Waals surface area contributed by atoms with Crippen molar-refractivity contribution in [2.75, 3.05) is 11.9 Å². The highest BCUT2D eigenvalue weighted by Gasteiger charge is 2.07. The van der Waals surface area contributed by atoms with Crippen LogP contribution < -0.4 is 20.5 Å². The molecule has 0 saturated carbocycles. The third-order valence-corrected chi connectivity index (χ3v) is 4.42. The Kier molecular flexibility index (Phi) is 5.26. The lowest BCUT2D eigenvalue weighted by atomic mass is 10.1. The summed E-state index contributed by atoms with van der Waals surface area (Å²) in [6.45, 7) is 3.91. The number of carbonyl (C=O) groups is 1. The monoisotopic (exact) mass is 403 g/mol. The van der Waals surface area contributed by atoms with Crippen molar-refractivity contribution in [1.29, 1.82) is 0 Å². The first-order valence-corrected chi connectivity index (χ1v) is 9.45. The van der Waals surface area contributed by atoms with Crippen LogP contribution in [0.4, 0.5) is 5.69 Å². The van der Waals surface area contributed by atoms with Crippen LogP contribution >= 0.6 is 0 Å². The number of imidazole rings is 1. The Morgan fingerprint density at radius 2 is 1.50 bits per heavy atom. The number of carbonyl (C=O) groups excluding carboxylic acids is 1. The average Bonchev–Trinajstić information content (AvgIpc) is 3.06. The summed E-state index contributed by atoms with van der Waals surface area (Å²) in [6.07, 6.45) is 0. The highest BCUT2D eigenvalue weighted by molar-refractivity contribution is 5.93. The minimum atomic E-state index is -0.303. The SMILES string of the molecule is Cc1cc(C)cc(Oc2ccc(OCC(=O)Nc3ccc4[nH]c(=O)[nH]c4c3)cc2)c1. The van der Waals surface area contributed by atoms with Gasteiger partial charge in [-0.1, -0.05) is 6.07 Å². The lowest BCUT2D eigenvalue weighted by Crippen LogP contribution is -2.20. The summed E-state index contributed by atoms with van der Waals surface area (Å²) in [5.74, 6) is 1.72. The van der Waals surface area contributed by atoms with Gasteiger partial charge in [-0.25, -0.2) is 4.79 Å². The number of aromatic amines is 2. The van der Waals surface area contributed by atoms with Crippen LogP contribution in [0.2, 0.25) is 0 Å². The molecule has 3 N–H and O–H groups in total. The van der Waals surface area contributed by atoms with Crippen LogP contribution in [-0.2, 0) is 4.79 Å². The second kappa shape index (κ2) is 8.16. The first kappa shape index (κ1) is 19.3. The standard InChI is InChI=1S/C23H21N3O4/c1-14-9-15(2)11-19(10-14)30-18-6-4-17(5-7-18)29-13-22(27)24-16-3-8-20-21(12-16)26-23(28)25-20/h3-12H,13H2,1-2H3,(H,24,27)(H2,25,26,28). The number of amides is 1. The van der Waals surface area contributed by atoms with Crippen LogP contribution in [-0.4, -0.2) is 22.5 Å². The van der Waals surface area contributed by atoms with Crippen molar-refractivity contribution in [2.24, 2.45) is 0 Å². The molecule has 0 aliphatic rings. The zero-order valence-corrected chi connectivity index (χ0v) is 16.6. The Labute approximate surface area is 172 Å². The molecule has 4 rings (SSSR count). The van der Waals surface area contributed by atoms with E-state index in [0.29, 0.717) is 28.2 Å². The molecular weight excluding hydrogens is 382 g/mol. The summed E-state index contributed by atoms with van der Waals surface area (Å²) < 4.78 is 11.4. The quantitative estimate of drug-likeness (QED) is 0.448. The van der Waals surface area contributed by atoms with Crippen molar-refractivity contribution >= 4 is 22.6 Å². The molecule has 4 aromatic rings. The average molecular weight is 403 g/mol. The minimum absolute atomic E-state index is 0.140. The van der Waals surface area contributed by atoms with Gasteiger partial charge in [0.05, 0.1) is 11.0 Å². The van der Waals surface area contributed by atoms with Crippen molar-refractivity contribution in [3.8, 4) is 17.2 Å². The van der Waals surface area contributed by atoms with Crippen LogP contribution in [0.25, 0.3) is 11.0 Å². The molecule has 1 amide bonds. The third kappa shape index (κ3) is 4.70. The van der Waals surface area contributed by atoms with Crippen LogP contribution in [0.1, 0.15) is 11.1 Å². The van der Waals surface area contributed by atoms with Crippen LogP contribution in [0.15, 0.2) is 65.5 Å². The molecule has 152 valence electrons. The number of fused-ring (bicyclic) bond motifs is 1. The topological polar surface area (TPSA) is 96.2 Å². The molecule has 1 aromatic heterocycles. The van der Waals surface area contributed by atoms with Gasteiger partial charge in [-0.3, -0.25) is 4.79 Å². The van der Waals surface area contributed by atoms with E-state index < -0.39 is 0 Å². The molecule has 0 radical (unpaired) electrons. The number of nitrogens with one attached hydrogen (secondary N) is 3. The Hall–Kier alpha value is -4.00. The van der Waals surface area contributed by atoms with Gasteiger partial charge in [0, 0.05) is 5.69 Å². The maximum atomic E-state index is 12.2. The number of aromatic nitrogens is 2. The Bertz CT molecular complexity index is 1240. The molecule has 7 heteroatoms. The molecule has 0 aliphatic heterocycles. The van der Waals surface area contributed by atoms with E-state index in [1.165, 1.54) is 0 Å². The highest BCUT2D eigenvalue weighted by Crippen LogP contribution is 2.25. The van der Waals surface area contributed by atoms with E-state index in [-0.39, 0.29) is 18.2 Å². The number of hydrogen-bond acceptors (Lipinski definition) is 4. The van der Waals surface area contributed by atoms with Crippen molar-refractivity contribution in [3.63, 3.8) is 0 Å². The van der Waals surface area contributed by atoms with Gasteiger partial charge in [0.25, 0.3) is 5.91 Å². The summed E-state index contributed by atoms with van der Waals surface area (Å²) >= 11 is 0. The van der Waals surface area contributed by atoms with E-state index in [2.05, 4.69) is 21.4 Å². The molecule has 30 heavy (non-hydrogen) atoms. The van der Waals surface area contributed by atoms with Crippen LogP contribution in [0.3, 0.4) is 0 Å². The number of anilines is 1. The molecule has 0 atom stereocenters. The van der Waals surface area contributed by atoms with E-state index >= 15 is 0 Å². The fourth-order valence-corrected chi connectivity index (χ4v) is 3.19. The number of aryl methyl sites for hydroxylation is 2. The van der Waals surface area contributed by atoms with Crippen molar-refractivity contribution in [3.05, 3.63) is 82.3 Å². The second-order valence-electron chi connectivity index (χ2n) is 7.07. The van der Waals surface area contributed by atoms with Crippen molar-refractivity contribution in [2.45, 2.75) is 13.8 Å². The minimum Gasteiger partial charge on any atom is -0.484 e. The zero-order chi connectivity index (χ0) is 21.1. The Morgan fingerprint density at radius 3 is 2.23 bits per heavy atom. The predicted octanol–water partition coefficient (Wildman–Crippen LogP) is 4.28. The van der Waals surface area contributed by atoms with Crippen molar-refractivity contribution < 1.29 is 14.3 Å². The lowest BCUT2D eigenvalue weighted by molar-refractivity contribution is -0.118. The van der Waals surface area contributed by atoms with Gasteiger partial charge in [0.1, 0.15) is 17.2 Å². The smallest absolute Gasteiger partial charge is 0.323 e. The lowest BCUT2D eigenvalue weighted by Gasteiger charge is -2.10. The van der Waals surface area contributed by atoms with Crippen LogP contribution in [0.5, 0.6) is 17.2 Å². The number of ether oxygens (including phenoxy) is 2. The second-order valence-corrected chi connectivity index (χ2v) is 7.07. The van der Waals surface area contributed by atoms with E-state index in [0.717, 1.165) is 16.9 Å². The maximum absolute atomic E-state index is 12.2. The number of H-pyrrole nitrogens is 2. The highest BCUT2D eigenvalue weighted by atomic mass is 16.5. The maximum Gasteiger partial charge on any atom is 0.323 e. The largest absolute Gasteiger partial charge is 0.484 e. The molecule has 0 unspecified atom stereocenters. The van der Waals surface area contributed by atoms with Gasteiger partial charge < -0.3 is 24.8 Å². The molecular formula is C23H21N3O4. The number of benzene rings is 3. The molecule has 0 aliphatic carbocycles. The molecule has 0 spiro atoms. The van der Waals surface area contributed by atoms with Gasteiger partial charge in [0.15, 0.2) is 6.61 Å².